The zero-order valence-corrected chi connectivity index (χ0v) is 9.06. The van der Waals surface area contributed by atoms with Crippen molar-refractivity contribution >= 4 is 5.82 Å². The molecule has 0 atom stereocenters. The van der Waals surface area contributed by atoms with Crippen molar-refractivity contribution in [1.82, 2.24) is 4.98 Å². The van der Waals surface area contributed by atoms with Crippen molar-refractivity contribution in [3.63, 3.8) is 0 Å². The summed E-state index contributed by atoms with van der Waals surface area (Å²) in [6.07, 6.45) is 0. The summed E-state index contributed by atoms with van der Waals surface area (Å²) in [5.74, 6) is 6.13. The topological polar surface area (TPSA) is 60.2 Å². The Balaban J connectivity index is 1.99. The molecule has 0 radical (unpaired) electrons. The second-order valence-electron chi connectivity index (χ2n) is 3.40. The van der Waals surface area contributed by atoms with E-state index >= 15 is 0 Å². The molecule has 0 saturated heterocycles. The second-order valence-corrected chi connectivity index (χ2v) is 3.40. The second kappa shape index (κ2) is 5.27. The lowest BCUT2D eigenvalue weighted by Gasteiger charge is -2.06. The average molecular weight is 233 g/mol. The molecule has 4 nitrogen and oxygen atoms in total. The number of benzene rings is 1. The lowest BCUT2D eigenvalue weighted by Crippen LogP contribution is -2.09. The smallest absolute Gasteiger partial charge is 0.140 e. The fraction of sp³-hybridized carbons (Fsp3) is 0.0833. The highest BCUT2D eigenvalue weighted by molar-refractivity contribution is 5.33. The standard InChI is InChI=1S/C12H12FN3O/c13-9-4-6-11(7-5-9)17-8-10-2-1-3-12(15-10)16-14/h1-7H,8,14H2,(H,15,16). The Morgan fingerprint density at radius 2 is 1.94 bits per heavy atom. The maximum atomic E-state index is 12.7. The summed E-state index contributed by atoms with van der Waals surface area (Å²) < 4.78 is 18.1. The number of nitrogens with zero attached hydrogens (tertiary/aromatic N) is 1. The summed E-state index contributed by atoms with van der Waals surface area (Å²) >= 11 is 0. The highest BCUT2D eigenvalue weighted by Gasteiger charge is 1.99. The van der Waals surface area contributed by atoms with Crippen LogP contribution >= 0.6 is 0 Å². The highest BCUT2D eigenvalue weighted by atomic mass is 19.1. The molecular formula is C12H12FN3O. The number of ether oxygens (including phenoxy) is 1. The van der Waals surface area contributed by atoms with E-state index < -0.39 is 0 Å². The van der Waals surface area contributed by atoms with E-state index in [4.69, 9.17) is 10.6 Å². The van der Waals surface area contributed by atoms with Crippen molar-refractivity contribution in [2.24, 2.45) is 5.84 Å². The number of rotatable bonds is 4. The van der Waals surface area contributed by atoms with E-state index in [9.17, 15) is 4.39 Å². The zero-order valence-electron chi connectivity index (χ0n) is 9.06. The van der Waals surface area contributed by atoms with Gasteiger partial charge in [-0.1, -0.05) is 6.07 Å². The molecule has 17 heavy (non-hydrogen) atoms. The van der Waals surface area contributed by atoms with E-state index in [1.54, 1.807) is 18.2 Å². The number of hydrogen-bond acceptors (Lipinski definition) is 4. The molecule has 1 heterocycles. The minimum atomic E-state index is -0.287. The summed E-state index contributed by atoms with van der Waals surface area (Å²) in [6.45, 7) is 0.307. The monoisotopic (exact) mass is 233 g/mol. The average Bonchev–Trinajstić information content (AvgIpc) is 2.38. The number of nitrogens with two attached hydrogens (primary N) is 1. The van der Waals surface area contributed by atoms with E-state index in [-0.39, 0.29) is 5.82 Å². The molecule has 0 aliphatic heterocycles. The van der Waals surface area contributed by atoms with Gasteiger partial charge >= 0.3 is 0 Å². The van der Waals surface area contributed by atoms with Gasteiger partial charge in [-0.3, -0.25) is 0 Å². The van der Waals surface area contributed by atoms with Crippen LogP contribution in [0.2, 0.25) is 0 Å². The Morgan fingerprint density at radius 1 is 1.18 bits per heavy atom. The van der Waals surface area contributed by atoms with Gasteiger partial charge in [0.1, 0.15) is 24.0 Å². The van der Waals surface area contributed by atoms with Gasteiger partial charge in [0.2, 0.25) is 0 Å². The Bertz CT molecular complexity index is 487. The van der Waals surface area contributed by atoms with E-state index in [1.165, 1.54) is 12.1 Å². The number of aromatic nitrogens is 1. The lowest BCUT2D eigenvalue weighted by atomic mass is 10.3. The van der Waals surface area contributed by atoms with Crippen LogP contribution in [0.4, 0.5) is 10.2 Å². The van der Waals surface area contributed by atoms with Gasteiger partial charge in [-0.15, -0.1) is 0 Å². The van der Waals surface area contributed by atoms with Crippen LogP contribution in [0.25, 0.3) is 0 Å². The summed E-state index contributed by atoms with van der Waals surface area (Å²) in [7, 11) is 0. The van der Waals surface area contributed by atoms with Gasteiger partial charge in [0.15, 0.2) is 0 Å². The third-order valence-electron chi connectivity index (χ3n) is 2.16. The SMILES string of the molecule is NNc1cccc(COc2ccc(F)cc2)n1. The van der Waals surface area contributed by atoms with Gasteiger partial charge in [0, 0.05) is 0 Å². The molecule has 0 amide bonds. The van der Waals surface area contributed by atoms with Crippen LogP contribution in [0, 0.1) is 5.82 Å². The van der Waals surface area contributed by atoms with E-state index in [0.717, 1.165) is 5.69 Å². The van der Waals surface area contributed by atoms with Crippen molar-refractivity contribution in [3.8, 4) is 5.75 Å². The minimum Gasteiger partial charge on any atom is -0.487 e. The number of nitrogen functional groups attached to an aromatic ring is 1. The number of halogens is 1. The van der Waals surface area contributed by atoms with Crippen LogP contribution in [0.5, 0.6) is 5.75 Å². The maximum Gasteiger partial charge on any atom is 0.140 e. The fourth-order valence-electron chi connectivity index (χ4n) is 1.33. The molecule has 1 aromatic heterocycles. The van der Waals surface area contributed by atoms with E-state index in [2.05, 4.69) is 10.4 Å². The predicted molar refractivity (Wildman–Crippen MR) is 62.8 cm³/mol. The number of hydrogen-bond donors (Lipinski definition) is 2. The first-order chi connectivity index (χ1) is 8.28. The summed E-state index contributed by atoms with van der Waals surface area (Å²) in [4.78, 5) is 4.19. The fourth-order valence-corrected chi connectivity index (χ4v) is 1.33. The third-order valence-corrected chi connectivity index (χ3v) is 2.16. The maximum absolute atomic E-state index is 12.7. The molecule has 2 rings (SSSR count). The number of anilines is 1. The Hall–Kier alpha value is -2.14. The molecular weight excluding hydrogens is 221 g/mol. The minimum absolute atomic E-state index is 0.287. The summed E-state index contributed by atoms with van der Waals surface area (Å²) in [6, 6.07) is 11.2. The Morgan fingerprint density at radius 3 is 2.65 bits per heavy atom. The molecule has 0 aliphatic rings. The largest absolute Gasteiger partial charge is 0.487 e. The lowest BCUT2D eigenvalue weighted by molar-refractivity contribution is 0.301. The predicted octanol–water partition coefficient (Wildman–Crippen LogP) is 2.09. The van der Waals surface area contributed by atoms with Crippen molar-refractivity contribution in [1.29, 1.82) is 0 Å². The van der Waals surface area contributed by atoms with Crippen molar-refractivity contribution < 1.29 is 9.13 Å². The first kappa shape index (κ1) is 11.3. The summed E-state index contributed by atoms with van der Waals surface area (Å²) in [5.41, 5.74) is 3.20. The molecule has 0 unspecified atom stereocenters. The first-order valence-electron chi connectivity index (χ1n) is 5.09. The molecule has 0 fully saturated rings. The van der Waals surface area contributed by atoms with Crippen LogP contribution in [0.1, 0.15) is 5.69 Å². The van der Waals surface area contributed by atoms with Gasteiger partial charge in [-0.25, -0.2) is 15.2 Å². The van der Waals surface area contributed by atoms with E-state index in [1.807, 2.05) is 12.1 Å². The number of pyridine rings is 1. The van der Waals surface area contributed by atoms with Crippen LogP contribution in [-0.2, 0) is 6.61 Å². The highest BCUT2D eigenvalue weighted by Crippen LogP contribution is 2.13. The number of nitrogens with one attached hydrogen (secondary N) is 1. The summed E-state index contributed by atoms with van der Waals surface area (Å²) in [5, 5.41) is 0. The molecule has 0 saturated carbocycles. The van der Waals surface area contributed by atoms with Gasteiger partial charge < -0.3 is 10.2 Å². The van der Waals surface area contributed by atoms with Crippen molar-refractivity contribution in [2.45, 2.75) is 6.61 Å². The molecule has 0 spiro atoms. The normalized spacial score (nSPS) is 10.0. The van der Waals surface area contributed by atoms with E-state index in [0.29, 0.717) is 18.2 Å². The van der Waals surface area contributed by atoms with Gasteiger partial charge in [0.25, 0.3) is 0 Å². The zero-order chi connectivity index (χ0) is 12.1. The van der Waals surface area contributed by atoms with Gasteiger partial charge in [-0.2, -0.15) is 0 Å². The third kappa shape index (κ3) is 3.15. The Kier molecular flexibility index (Phi) is 3.52. The molecule has 1 aromatic carbocycles. The molecule has 2 aromatic rings. The molecule has 3 N–H and O–H groups in total. The van der Waals surface area contributed by atoms with Crippen LogP contribution in [-0.4, -0.2) is 4.98 Å². The number of hydrazine groups is 1. The Labute approximate surface area is 98.2 Å². The quantitative estimate of drug-likeness (QED) is 0.627. The molecule has 0 bridgehead atoms. The molecule has 88 valence electrons. The van der Waals surface area contributed by atoms with Gasteiger partial charge in [-0.05, 0) is 36.4 Å². The van der Waals surface area contributed by atoms with Crippen LogP contribution < -0.4 is 16.0 Å². The molecule has 0 aliphatic carbocycles. The first-order valence-corrected chi connectivity index (χ1v) is 5.09. The molecule has 5 heteroatoms. The van der Waals surface area contributed by atoms with Crippen LogP contribution in [0.15, 0.2) is 42.5 Å². The van der Waals surface area contributed by atoms with Gasteiger partial charge in [0.05, 0.1) is 5.69 Å². The van der Waals surface area contributed by atoms with Crippen LogP contribution in [0.3, 0.4) is 0 Å². The van der Waals surface area contributed by atoms with Crippen molar-refractivity contribution in [2.75, 3.05) is 5.43 Å². The van der Waals surface area contributed by atoms with Crippen molar-refractivity contribution in [3.05, 3.63) is 54.0 Å².